The molecule has 0 atom stereocenters. The first kappa shape index (κ1) is 9.78. The van der Waals surface area contributed by atoms with Crippen molar-refractivity contribution in [2.45, 2.75) is 0 Å². The zero-order chi connectivity index (χ0) is 9.52. The van der Waals surface area contributed by atoms with Gasteiger partial charge in [-0.25, -0.2) is 0 Å². The number of nitrogens with one attached hydrogen (secondary N) is 1. The molecule has 4 heteroatoms. The van der Waals surface area contributed by atoms with E-state index in [-0.39, 0.29) is 12.5 Å². The Kier molecular flexibility index (Phi) is 4.03. The molecular formula is C9H10N2OS. The van der Waals surface area contributed by atoms with E-state index in [0.29, 0.717) is 6.54 Å². The second-order valence-electron chi connectivity index (χ2n) is 2.29. The molecule has 1 heterocycles. The van der Waals surface area contributed by atoms with Crippen LogP contribution in [0.3, 0.4) is 0 Å². The van der Waals surface area contributed by atoms with Crippen LogP contribution in [-0.4, -0.2) is 19.0 Å². The standard InChI is InChI=1S/C9H10N2OS/c10-6-9(12)11-4-1-2-8-3-5-13-7-8/h3,5,7H,4,6,10H2,(H,11,12). The molecule has 68 valence electrons. The van der Waals surface area contributed by atoms with E-state index in [1.165, 1.54) is 0 Å². The average molecular weight is 194 g/mol. The number of thiophene rings is 1. The highest BCUT2D eigenvalue weighted by atomic mass is 32.1. The number of hydrogen-bond donors (Lipinski definition) is 2. The highest BCUT2D eigenvalue weighted by Crippen LogP contribution is 2.02. The molecule has 0 spiro atoms. The predicted molar refractivity (Wildman–Crippen MR) is 53.3 cm³/mol. The average Bonchev–Trinajstić information content (AvgIpc) is 2.64. The Hall–Kier alpha value is -1.31. The summed E-state index contributed by atoms with van der Waals surface area (Å²) < 4.78 is 0. The summed E-state index contributed by atoms with van der Waals surface area (Å²) in [5, 5.41) is 6.48. The van der Waals surface area contributed by atoms with Crippen LogP contribution in [0.15, 0.2) is 16.8 Å². The van der Waals surface area contributed by atoms with Crippen molar-refractivity contribution >= 4 is 17.2 Å². The number of rotatable bonds is 2. The van der Waals surface area contributed by atoms with Crippen LogP contribution in [0, 0.1) is 11.8 Å². The van der Waals surface area contributed by atoms with E-state index in [1.807, 2.05) is 16.8 Å². The van der Waals surface area contributed by atoms with Crippen molar-refractivity contribution in [3.8, 4) is 11.8 Å². The second-order valence-corrected chi connectivity index (χ2v) is 3.07. The van der Waals surface area contributed by atoms with Gasteiger partial charge in [-0.1, -0.05) is 11.8 Å². The van der Waals surface area contributed by atoms with E-state index >= 15 is 0 Å². The summed E-state index contributed by atoms with van der Waals surface area (Å²) in [5.41, 5.74) is 6.07. The van der Waals surface area contributed by atoms with Crippen LogP contribution in [0.25, 0.3) is 0 Å². The van der Waals surface area contributed by atoms with Crippen LogP contribution in [0.1, 0.15) is 5.56 Å². The van der Waals surface area contributed by atoms with Gasteiger partial charge < -0.3 is 11.1 Å². The molecule has 1 aromatic heterocycles. The summed E-state index contributed by atoms with van der Waals surface area (Å²) in [6.07, 6.45) is 0. The minimum atomic E-state index is -0.181. The molecule has 0 fully saturated rings. The number of nitrogens with two attached hydrogens (primary N) is 1. The van der Waals surface area contributed by atoms with Crippen molar-refractivity contribution in [1.82, 2.24) is 5.32 Å². The number of amides is 1. The molecule has 0 bridgehead atoms. The van der Waals surface area contributed by atoms with Crippen molar-refractivity contribution in [2.24, 2.45) is 5.73 Å². The fourth-order valence-corrected chi connectivity index (χ4v) is 1.28. The zero-order valence-electron chi connectivity index (χ0n) is 7.04. The Morgan fingerprint density at radius 2 is 2.54 bits per heavy atom. The molecular weight excluding hydrogens is 184 g/mol. The molecule has 0 aliphatic rings. The minimum Gasteiger partial charge on any atom is -0.344 e. The molecule has 0 saturated heterocycles. The van der Waals surface area contributed by atoms with E-state index in [9.17, 15) is 4.79 Å². The summed E-state index contributed by atoms with van der Waals surface area (Å²) in [6.45, 7) is 0.367. The fraction of sp³-hybridized carbons (Fsp3) is 0.222. The lowest BCUT2D eigenvalue weighted by molar-refractivity contribution is -0.119. The molecule has 1 amide bonds. The van der Waals surface area contributed by atoms with Crippen molar-refractivity contribution in [3.05, 3.63) is 22.4 Å². The van der Waals surface area contributed by atoms with Crippen LogP contribution in [-0.2, 0) is 4.79 Å². The molecule has 0 radical (unpaired) electrons. The van der Waals surface area contributed by atoms with E-state index < -0.39 is 0 Å². The van der Waals surface area contributed by atoms with E-state index in [4.69, 9.17) is 5.73 Å². The SMILES string of the molecule is NCC(=O)NCC#Cc1ccsc1. The molecule has 3 N–H and O–H groups in total. The molecule has 0 unspecified atom stereocenters. The summed E-state index contributed by atoms with van der Waals surface area (Å²) in [7, 11) is 0. The Bertz CT molecular complexity index is 321. The minimum absolute atomic E-state index is 0.0140. The summed E-state index contributed by atoms with van der Waals surface area (Å²) in [5.74, 6) is 5.55. The van der Waals surface area contributed by atoms with Gasteiger partial charge in [-0.2, -0.15) is 11.3 Å². The zero-order valence-corrected chi connectivity index (χ0v) is 7.86. The van der Waals surface area contributed by atoms with Gasteiger partial charge in [-0.15, -0.1) is 0 Å². The van der Waals surface area contributed by atoms with Gasteiger partial charge in [0.05, 0.1) is 13.1 Å². The lowest BCUT2D eigenvalue weighted by Crippen LogP contribution is -2.30. The van der Waals surface area contributed by atoms with E-state index in [1.54, 1.807) is 11.3 Å². The highest BCUT2D eigenvalue weighted by Gasteiger charge is 1.91. The molecule has 1 aromatic rings. The molecule has 3 nitrogen and oxygen atoms in total. The van der Waals surface area contributed by atoms with E-state index in [2.05, 4.69) is 17.2 Å². The van der Waals surface area contributed by atoms with Gasteiger partial charge in [0.2, 0.25) is 5.91 Å². The quantitative estimate of drug-likeness (QED) is 0.660. The lowest BCUT2D eigenvalue weighted by atomic mass is 10.3. The third-order valence-corrected chi connectivity index (χ3v) is 2.00. The summed E-state index contributed by atoms with van der Waals surface area (Å²) in [4.78, 5) is 10.7. The van der Waals surface area contributed by atoms with Gasteiger partial charge in [0.15, 0.2) is 0 Å². The van der Waals surface area contributed by atoms with Crippen LogP contribution >= 0.6 is 11.3 Å². The molecule has 0 aliphatic heterocycles. The first-order valence-corrected chi connectivity index (χ1v) is 4.75. The third kappa shape index (κ3) is 3.74. The number of hydrogen-bond acceptors (Lipinski definition) is 3. The van der Waals surface area contributed by atoms with Crippen LogP contribution in [0.2, 0.25) is 0 Å². The second kappa shape index (κ2) is 5.36. The highest BCUT2D eigenvalue weighted by molar-refractivity contribution is 7.08. The molecule has 13 heavy (non-hydrogen) atoms. The summed E-state index contributed by atoms with van der Waals surface area (Å²) in [6, 6.07) is 1.93. The van der Waals surface area contributed by atoms with Crippen molar-refractivity contribution in [1.29, 1.82) is 0 Å². The fourth-order valence-electron chi connectivity index (χ4n) is 0.697. The van der Waals surface area contributed by atoms with Gasteiger partial charge in [0.25, 0.3) is 0 Å². The maximum atomic E-state index is 10.7. The first-order chi connectivity index (χ1) is 6.33. The summed E-state index contributed by atoms with van der Waals surface area (Å²) >= 11 is 1.60. The first-order valence-electron chi connectivity index (χ1n) is 3.81. The topological polar surface area (TPSA) is 55.1 Å². The third-order valence-electron chi connectivity index (χ3n) is 1.31. The lowest BCUT2D eigenvalue weighted by Gasteiger charge is -1.94. The molecule has 1 rings (SSSR count). The smallest absolute Gasteiger partial charge is 0.234 e. The maximum Gasteiger partial charge on any atom is 0.234 e. The Labute approximate surface area is 80.9 Å². The molecule has 0 aromatic carbocycles. The van der Waals surface area contributed by atoms with Gasteiger partial charge in [0, 0.05) is 10.9 Å². The Morgan fingerprint density at radius 3 is 3.15 bits per heavy atom. The van der Waals surface area contributed by atoms with Crippen molar-refractivity contribution in [2.75, 3.05) is 13.1 Å². The largest absolute Gasteiger partial charge is 0.344 e. The van der Waals surface area contributed by atoms with E-state index in [0.717, 1.165) is 5.56 Å². The van der Waals surface area contributed by atoms with Crippen LogP contribution < -0.4 is 11.1 Å². The van der Waals surface area contributed by atoms with Crippen LogP contribution in [0.5, 0.6) is 0 Å². The van der Waals surface area contributed by atoms with Gasteiger partial charge >= 0.3 is 0 Å². The maximum absolute atomic E-state index is 10.7. The van der Waals surface area contributed by atoms with Crippen molar-refractivity contribution in [3.63, 3.8) is 0 Å². The normalized spacial score (nSPS) is 8.69. The van der Waals surface area contributed by atoms with Crippen molar-refractivity contribution < 1.29 is 4.79 Å². The monoisotopic (exact) mass is 194 g/mol. The predicted octanol–water partition coefficient (Wildman–Crippen LogP) is 0.175. The number of carbonyl (C=O) groups excluding carboxylic acids is 1. The van der Waals surface area contributed by atoms with Crippen LogP contribution in [0.4, 0.5) is 0 Å². The Balaban J connectivity index is 2.30. The molecule has 0 saturated carbocycles. The Morgan fingerprint density at radius 1 is 1.69 bits per heavy atom. The van der Waals surface area contributed by atoms with Gasteiger partial charge in [-0.3, -0.25) is 4.79 Å². The van der Waals surface area contributed by atoms with Gasteiger partial charge in [0.1, 0.15) is 0 Å². The number of carbonyl (C=O) groups is 1. The molecule has 0 aliphatic carbocycles. The van der Waals surface area contributed by atoms with Gasteiger partial charge in [-0.05, 0) is 11.4 Å².